The van der Waals surface area contributed by atoms with Crippen molar-refractivity contribution in [1.82, 2.24) is 10.3 Å². The molecule has 0 aliphatic rings. The fourth-order valence-corrected chi connectivity index (χ4v) is 1.78. The molecule has 5 heteroatoms. The fourth-order valence-electron chi connectivity index (χ4n) is 1.56. The molecule has 0 saturated carbocycles. The van der Waals surface area contributed by atoms with Crippen molar-refractivity contribution in [3.8, 4) is 6.08 Å². The number of hydrogen-bond donors (Lipinski definition) is 1. The second-order valence-electron chi connectivity index (χ2n) is 5.63. The number of oxazole rings is 1. The van der Waals surface area contributed by atoms with E-state index in [4.69, 9.17) is 20.8 Å². The van der Waals surface area contributed by atoms with Gasteiger partial charge in [0.05, 0.1) is 5.69 Å². The Balaban J connectivity index is 1.87. The molecule has 1 aromatic heterocycles. The minimum Gasteiger partial charge on any atom is -0.445 e. The van der Waals surface area contributed by atoms with Gasteiger partial charge in [-0.2, -0.15) is 4.98 Å². The van der Waals surface area contributed by atoms with Crippen LogP contribution in [0.15, 0.2) is 34.9 Å². The summed E-state index contributed by atoms with van der Waals surface area (Å²) in [6.07, 6.45) is 1.88. The van der Waals surface area contributed by atoms with Crippen molar-refractivity contribution < 1.29 is 9.15 Å². The van der Waals surface area contributed by atoms with Gasteiger partial charge in [-0.15, -0.1) is 0 Å². The summed E-state index contributed by atoms with van der Waals surface area (Å²) in [5.74, 6) is 0. The summed E-state index contributed by atoms with van der Waals surface area (Å²) in [5, 5.41) is 4.03. The van der Waals surface area contributed by atoms with Gasteiger partial charge in [-0.3, -0.25) is 0 Å². The van der Waals surface area contributed by atoms with Gasteiger partial charge >= 0.3 is 6.08 Å². The second kappa shape index (κ2) is 6.29. The Labute approximate surface area is 124 Å². The molecule has 0 unspecified atom stereocenters. The van der Waals surface area contributed by atoms with Crippen LogP contribution < -0.4 is 10.1 Å². The molecule has 1 N–H and O–H groups in total. The minimum absolute atomic E-state index is 0.0424. The number of nitrogens with one attached hydrogen (secondary N) is 1. The summed E-state index contributed by atoms with van der Waals surface area (Å²) < 4.78 is 10.8. The Bertz CT molecular complexity index is 561. The first-order chi connectivity index (χ1) is 9.42. The lowest BCUT2D eigenvalue weighted by Crippen LogP contribution is -2.35. The summed E-state index contributed by atoms with van der Waals surface area (Å²) in [4.78, 5) is 4.27. The maximum Gasteiger partial charge on any atom is 0.394 e. The van der Waals surface area contributed by atoms with E-state index in [-0.39, 0.29) is 11.6 Å². The van der Waals surface area contributed by atoms with Crippen LogP contribution >= 0.6 is 11.6 Å². The van der Waals surface area contributed by atoms with Crippen LogP contribution in [-0.2, 0) is 13.2 Å². The van der Waals surface area contributed by atoms with Gasteiger partial charge in [0.25, 0.3) is 0 Å². The third kappa shape index (κ3) is 4.87. The van der Waals surface area contributed by atoms with Crippen molar-refractivity contribution in [3.05, 3.63) is 46.8 Å². The fraction of sp³-hybridized carbons (Fsp3) is 0.400. The number of nitrogens with zero attached hydrogens (tertiary/aromatic N) is 1. The first kappa shape index (κ1) is 14.9. The van der Waals surface area contributed by atoms with Crippen molar-refractivity contribution in [3.63, 3.8) is 0 Å². The van der Waals surface area contributed by atoms with Crippen LogP contribution in [0.1, 0.15) is 32.0 Å². The molecule has 2 aromatic rings. The summed E-state index contributed by atoms with van der Waals surface area (Å²) in [6.45, 7) is 7.33. The number of ether oxygens (including phenoxy) is 1. The summed E-state index contributed by atoms with van der Waals surface area (Å²) in [7, 11) is 0. The van der Waals surface area contributed by atoms with Crippen LogP contribution in [0, 0.1) is 0 Å². The molecule has 0 aliphatic heterocycles. The van der Waals surface area contributed by atoms with Gasteiger partial charge in [0, 0.05) is 17.1 Å². The van der Waals surface area contributed by atoms with Crippen molar-refractivity contribution in [2.75, 3.05) is 0 Å². The lowest BCUT2D eigenvalue weighted by Gasteiger charge is -2.19. The lowest BCUT2D eigenvalue weighted by molar-refractivity contribution is 0.220. The second-order valence-corrected chi connectivity index (χ2v) is 6.06. The van der Waals surface area contributed by atoms with Gasteiger partial charge < -0.3 is 14.5 Å². The molecule has 0 amide bonds. The molecule has 0 bridgehead atoms. The number of aromatic nitrogens is 1. The number of benzene rings is 1. The molecule has 2 rings (SSSR count). The zero-order valence-electron chi connectivity index (χ0n) is 11.9. The third-order valence-electron chi connectivity index (χ3n) is 2.58. The van der Waals surface area contributed by atoms with Gasteiger partial charge in [-0.05, 0) is 38.5 Å². The third-order valence-corrected chi connectivity index (χ3v) is 2.82. The molecule has 0 spiro atoms. The highest BCUT2D eigenvalue weighted by molar-refractivity contribution is 6.30. The van der Waals surface area contributed by atoms with Crippen LogP contribution in [0.5, 0.6) is 6.08 Å². The van der Waals surface area contributed by atoms with Crippen LogP contribution in [0.3, 0.4) is 0 Å². The maximum atomic E-state index is 5.91. The maximum absolute atomic E-state index is 5.91. The lowest BCUT2D eigenvalue weighted by atomic mass is 10.1. The molecule has 1 aromatic carbocycles. The molecule has 0 aliphatic carbocycles. The largest absolute Gasteiger partial charge is 0.445 e. The van der Waals surface area contributed by atoms with Gasteiger partial charge in [-0.25, -0.2) is 0 Å². The number of hydrogen-bond acceptors (Lipinski definition) is 4. The Morgan fingerprint density at radius 2 is 2.15 bits per heavy atom. The van der Waals surface area contributed by atoms with Crippen LogP contribution in [0.2, 0.25) is 5.02 Å². The number of rotatable bonds is 5. The standard InChI is InChI=1S/C15H19ClN2O2/c1-15(2,3)17-8-13-10-20-14(18-13)19-9-11-5-4-6-12(16)7-11/h4-7,10,17H,8-9H2,1-3H3. The first-order valence-corrected chi connectivity index (χ1v) is 6.87. The van der Waals surface area contributed by atoms with Gasteiger partial charge in [-0.1, -0.05) is 23.7 Å². The average Bonchev–Trinajstić information content (AvgIpc) is 2.81. The van der Waals surface area contributed by atoms with E-state index in [0.29, 0.717) is 18.2 Å². The minimum atomic E-state index is 0.0424. The van der Waals surface area contributed by atoms with E-state index in [1.54, 1.807) is 6.26 Å². The van der Waals surface area contributed by atoms with E-state index in [2.05, 4.69) is 31.1 Å². The van der Waals surface area contributed by atoms with E-state index in [0.717, 1.165) is 11.3 Å². The highest BCUT2D eigenvalue weighted by atomic mass is 35.5. The van der Waals surface area contributed by atoms with Crippen LogP contribution in [-0.4, -0.2) is 10.5 Å². The van der Waals surface area contributed by atoms with Crippen molar-refractivity contribution in [2.24, 2.45) is 0 Å². The Morgan fingerprint density at radius 3 is 2.85 bits per heavy atom. The van der Waals surface area contributed by atoms with Gasteiger partial charge in [0.15, 0.2) is 0 Å². The molecule has 0 atom stereocenters. The Morgan fingerprint density at radius 1 is 1.35 bits per heavy atom. The smallest absolute Gasteiger partial charge is 0.394 e. The highest BCUT2D eigenvalue weighted by Gasteiger charge is 2.11. The van der Waals surface area contributed by atoms with E-state index < -0.39 is 0 Å². The molecular formula is C15H19ClN2O2. The summed E-state index contributed by atoms with van der Waals surface area (Å²) >= 11 is 5.91. The van der Waals surface area contributed by atoms with E-state index in [1.807, 2.05) is 24.3 Å². The van der Waals surface area contributed by atoms with Crippen molar-refractivity contribution >= 4 is 11.6 Å². The van der Waals surface area contributed by atoms with Crippen molar-refractivity contribution in [1.29, 1.82) is 0 Å². The molecular weight excluding hydrogens is 276 g/mol. The van der Waals surface area contributed by atoms with E-state index >= 15 is 0 Å². The zero-order valence-corrected chi connectivity index (χ0v) is 12.7. The average molecular weight is 295 g/mol. The monoisotopic (exact) mass is 294 g/mol. The van der Waals surface area contributed by atoms with Crippen molar-refractivity contribution in [2.45, 2.75) is 39.5 Å². The van der Waals surface area contributed by atoms with Crippen LogP contribution in [0.4, 0.5) is 0 Å². The van der Waals surface area contributed by atoms with E-state index in [1.165, 1.54) is 0 Å². The zero-order chi connectivity index (χ0) is 14.6. The summed E-state index contributed by atoms with van der Waals surface area (Å²) in [6, 6.07) is 7.51. The molecule has 4 nitrogen and oxygen atoms in total. The van der Waals surface area contributed by atoms with Crippen LogP contribution in [0.25, 0.3) is 0 Å². The Kier molecular flexibility index (Phi) is 4.68. The molecule has 0 saturated heterocycles. The van der Waals surface area contributed by atoms with Gasteiger partial charge in [0.2, 0.25) is 0 Å². The predicted molar refractivity (Wildman–Crippen MR) is 78.9 cm³/mol. The highest BCUT2D eigenvalue weighted by Crippen LogP contribution is 2.15. The molecule has 20 heavy (non-hydrogen) atoms. The molecule has 0 fully saturated rings. The summed E-state index contributed by atoms with van der Waals surface area (Å²) in [5.41, 5.74) is 1.84. The molecule has 1 heterocycles. The SMILES string of the molecule is CC(C)(C)NCc1coc(OCc2cccc(Cl)c2)n1. The topological polar surface area (TPSA) is 47.3 Å². The Hall–Kier alpha value is -1.52. The van der Waals surface area contributed by atoms with Gasteiger partial charge in [0.1, 0.15) is 12.9 Å². The normalized spacial score (nSPS) is 11.6. The predicted octanol–water partition coefficient (Wildman–Crippen LogP) is 3.80. The number of halogens is 1. The molecule has 0 radical (unpaired) electrons. The first-order valence-electron chi connectivity index (χ1n) is 6.49. The van der Waals surface area contributed by atoms with E-state index in [9.17, 15) is 0 Å². The molecule has 108 valence electrons. The quantitative estimate of drug-likeness (QED) is 0.911.